The van der Waals surface area contributed by atoms with Crippen LogP contribution in [0.1, 0.15) is 20.8 Å². The molecule has 2 aromatic carbocycles. The fourth-order valence-electron chi connectivity index (χ4n) is 2.44. The summed E-state index contributed by atoms with van der Waals surface area (Å²) in [7, 11) is 1.51. The van der Waals surface area contributed by atoms with Gasteiger partial charge in [-0.05, 0) is 47.9 Å². The highest BCUT2D eigenvalue weighted by molar-refractivity contribution is 7.10. The summed E-state index contributed by atoms with van der Waals surface area (Å²) in [6, 6.07) is 16.9. The number of hydrazone groups is 1. The van der Waals surface area contributed by atoms with E-state index in [1.165, 1.54) is 30.7 Å². The molecule has 0 bridgehead atoms. The molecule has 0 aliphatic heterocycles. The first-order chi connectivity index (χ1) is 14.6. The van der Waals surface area contributed by atoms with E-state index in [9.17, 15) is 14.7 Å². The van der Waals surface area contributed by atoms with Crippen molar-refractivity contribution in [3.8, 4) is 11.5 Å². The summed E-state index contributed by atoms with van der Waals surface area (Å²) in [4.78, 5) is 25.9. The van der Waals surface area contributed by atoms with Crippen LogP contribution in [0, 0.1) is 0 Å². The Labute approximate surface area is 177 Å². The largest absolute Gasteiger partial charge is 0.507 e. The SMILES string of the molecule is COc1ccc(O)c(/C=N/NC(=O)/C(=C\c2cccs2)NC(=O)c2ccccc2)c1. The fourth-order valence-corrected chi connectivity index (χ4v) is 3.10. The van der Waals surface area contributed by atoms with E-state index >= 15 is 0 Å². The van der Waals surface area contributed by atoms with Gasteiger partial charge < -0.3 is 15.2 Å². The summed E-state index contributed by atoms with van der Waals surface area (Å²) in [5, 5.41) is 18.3. The predicted octanol–water partition coefficient (Wildman–Crippen LogP) is 3.38. The highest BCUT2D eigenvalue weighted by Crippen LogP contribution is 2.21. The van der Waals surface area contributed by atoms with Crippen LogP contribution in [0.4, 0.5) is 0 Å². The number of benzene rings is 2. The van der Waals surface area contributed by atoms with Gasteiger partial charge in [-0.15, -0.1) is 11.3 Å². The molecule has 8 heteroatoms. The lowest BCUT2D eigenvalue weighted by molar-refractivity contribution is -0.117. The monoisotopic (exact) mass is 421 g/mol. The molecule has 3 aromatic rings. The molecule has 0 radical (unpaired) electrons. The second-order valence-corrected chi connectivity index (χ2v) is 7.00. The molecule has 30 heavy (non-hydrogen) atoms. The number of carbonyl (C=O) groups excluding carboxylic acids is 2. The van der Waals surface area contributed by atoms with Gasteiger partial charge in [0.05, 0.1) is 13.3 Å². The third-order valence-corrected chi connectivity index (χ3v) is 4.78. The van der Waals surface area contributed by atoms with Crippen LogP contribution in [0.2, 0.25) is 0 Å². The zero-order valence-electron chi connectivity index (χ0n) is 16.0. The van der Waals surface area contributed by atoms with Crippen molar-refractivity contribution in [2.24, 2.45) is 5.10 Å². The molecule has 0 saturated carbocycles. The number of thiophene rings is 1. The number of nitrogens with zero attached hydrogens (tertiary/aromatic N) is 1. The molecule has 0 saturated heterocycles. The van der Waals surface area contributed by atoms with Crippen molar-refractivity contribution in [3.63, 3.8) is 0 Å². The van der Waals surface area contributed by atoms with Gasteiger partial charge in [0.1, 0.15) is 17.2 Å². The van der Waals surface area contributed by atoms with Gasteiger partial charge in [0.25, 0.3) is 11.8 Å². The van der Waals surface area contributed by atoms with Crippen molar-refractivity contribution in [2.75, 3.05) is 7.11 Å². The lowest BCUT2D eigenvalue weighted by atomic mass is 10.2. The minimum absolute atomic E-state index is 0.0134. The molecule has 1 heterocycles. The Balaban J connectivity index is 1.76. The normalized spacial score (nSPS) is 11.3. The number of rotatable bonds is 7. The van der Waals surface area contributed by atoms with E-state index in [0.29, 0.717) is 16.9 Å². The van der Waals surface area contributed by atoms with Gasteiger partial charge >= 0.3 is 0 Å². The number of carbonyl (C=O) groups is 2. The summed E-state index contributed by atoms with van der Waals surface area (Å²) < 4.78 is 5.10. The highest BCUT2D eigenvalue weighted by Gasteiger charge is 2.14. The number of hydrogen-bond donors (Lipinski definition) is 3. The second kappa shape index (κ2) is 10.0. The number of methoxy groups -OCH3 is 1. The smallest absolute Gasteiger partial charge is 0.287 e. The van der Waals surface area contributed by atoms with Crippen molar-refractivity contribution >= 4 is 35.4 Å². The molecule has 1 aromatic heterocycles. The summed E-state index contributed by atoms with van der Waals surface area (Å²) in [6.07, 6.45) is 2.86. The minimum atomic E-state index is -0.605. The van der Waals surface area contributed by atoms with E-state index in [-0.39, 0.29) is 11.4 Å². The Morgan fingerprint density at radius 3 is 2.60 bits per heavy atom. The van der Waals surface area contributed by atoms with E-state index in [1.807, 2.05) is 17.5 Å². The highest BCUT2D eigenvalue weighted by atomic mass is 32.1. The lowest BCUT2D eigenvalue weighted by Gasteiger charge is -2.09. The third kappa shape index (κ3) is 5.55. The van der Waals surface area contributed by atoms with E-state index in [2.05, 4.69) is 15.8 Å². The van der Waals surface area contributed by atoms with Crippen molar-refractivity contribution in [3.05, 3.63) is 87.7 Å². The van der Waals surface area contributed by atoms with Crippen molar-refractivity contribution in [2.45, 2.75) is 0 Å². The molecular weight excluding hydrogens is 402 g/mol. The summed E-state index contributed by atoms with van der Waals surface area (Å²) in [5.74, 6) is -0.496. The molecule has 0 aliphatic rings. The van der Waals surface area contributed by atoms with E-state index in [0.717, 1.165) is 4.88 Å². The van der Waals surface area contributed by atoms with Crippen LogP contribution in [-0.2, 0) is 4.79 Å². The van der Waals surface area contributed by atoms with Crippen LogP contribution in [0.3, 0.4) is 0 Å². The maximum atomic E-state index is 12.6. The molecule has 0 unspecified atom stereocenters. The van der Waals surface area contributed by atoms with Crippen LogP contribution >= 0.6 is 11.3 Å². The molecule has 0 aliphatic carbocycles. The van der Waals surface area contributed by atoms with Crippen LogP contribution in [0.25, 0.3) is 6.08 Å². The predicted molar refractivity (Wildman–Crippen MR) is 117 cm³/mol. The zero-order chi connectivity index (χ0) is 21.3. The lowest BCUT2D eigenvalue weighted by Crippen LogP contribution is -2.32. The maximum Gasteiger partial charge on any atom is 0.287 e. The molecule has 0 spiro atoms. The third-order valence-electron chi connectivity index (χ3n) is 3.96. The van der Waals surface area contributed by atoms with Crippen LogP contribution < -0.4 is 15.5 Å². The first-order valence-electron chi connectivity index (χ1n) is 8.89. The Morgan fingerprint density at radius 2 is 1.90 bits per heavy atom. The number of phenolic OH excluding ortho intramolecular Hbond substituents is 1. The molecule has 2 amide bonds. The van der Waals surface area contributed by atoms with E-state index in [4.69, 9.17) is 4.74 Å². The van der Waals surface area contributed by atoms with Crippen molar-refractivity contribution in [1.82, 2.24) is 10.7 Å². The van der Waals surface area contributed by atoms with Gasteiger partial charge in [-0.1, -0.05) is 24.3 Å². The van der Waals surface area contributed by atoms with Gasteiger partial charge in [-0.25, -0.2) is 5.43 Å². The van der Waals surface area contributed by atoms with Crippen LogP contribution in [-0.4, -0.2) is 30.2 Å². The summed E-state index contributed by atoms with van der Waals surface area (Å²) >= 11 is 1.43. The van der Waals surface area contributed by atoms with Gasteiger partial charge in [0, 0.05) is 16.0 Å². The average Bonchev–Trinajstić information content (AvgIpc) is 3.28. The van der Waals surface area contributed by atoms with Gasteiger partial charge in [0.15, 0.2) is 0 Å². The molecule has 3 rings (SSSR count). The number of amides is 2. The average molecular weight is 421 g/mol. The molecule has 7 nitrogen and oxygen atoms in total. The van der Waals surface area contributed by atoms with Gasteiger partial charge in [-0.3, -0.25) is 9.59 Å². The number of nitrogens with one attached hydrogen (secondary N) is 2. The zero-order valence-corrected chi connectivity index (χ0v) is 16.8. The van der Waals surface area contributed by atoms with E-state index < -0.39 is 11.8 Å². The van der Waals surface area contributed by atoms with Crippen LogP contribution in [0.5, 0.6) is 11.5 Å². The molecule has 3 N–H and O–H groups in total. The number of ether oxygens (including phenoxy) is 1. The first-order valence-corrected chi connectivity index (χ1v) is 9.77. The molecule has 0 atom stereocenters. The first kappa shape index (κ1) is 20.8. The topological polar surface area (TPSA) is 100 Å². The van der Waals surface area contributed by atoms with Gasteiger partial charge in [-0.2, -0.15) is 5.10 Å². The van der Waals surface area contributed by atoms with Crippen LogP contribution in [0.15, 0.2) is 76.8 Å². The number of hydrogen-bond acceptors (Lipinski definition) is 6. The minimum Gasteiger partial charge on any atom is -0.507 e. The molecule has 0 fully saturated rings. The van der Waals surface area contributed by atoms with Crippen molar-refractivity contribution < 1.29 is 19.4 Å². The standard InChI is InChI=1S/C22H19N3O4S/c1-29-17-9-10-20(26)16(12-17)14-23-25-22(28)19(13-18-8-5-11-30-18)24-21(27)15-6-3-2-4-7-15/h2-14,26H,1H3,(H,24,27)(H,25,28)/b19-13+,23-14+. The Morgan fingerprint density at radius 1 is 1.10 bits per heavy atom. The molecule has 152 valence electrons. The van der Waals surface area contributed by atoms with Gasteiger partial charge in [0.2, 0.25) is 0 Å². The number of phenols is 1. The Kier molecular flexibility index (Phi) is 6.96. The summed E-state index contributed by atoms with van der Waals surface area (Å²) in [6.45, 7) is 0. The number of aromatic hydroxyl groups is 1. The summed E-state index contributed by atoms with van der Waals surface area (Å²) in [5.41, 5.74) is 3.20. The second-order valence-electron chi connectivity index (χ2n) is 6.02. The van der Waals surface area contributed by atoms with E-state index in [1.54, 1.807) is 48.5 Å². The quantitative estimate of drug-likeness (QED) is 0.309. The Hall–Kier alpha value is -3.91. The Bertz CT molecular complexity index is 1080. The fraction of sp³-hybridized carbons (Fsp3) is 0.0455. The molecular formula is C22H19N3O4S. The van der Waals surface area contributed by atoms with Crippen molar-refractivity contribution in [1.29, 1.82) is 0 Å². The maximum absolute atomic E-state index is 12.6.